The zero-order valence-corrected chi connectivity index (χ0v) is 13.6. The molecule has 0 amide bonds. The van der Waals surface area contributed by atoms with Gasteiger partial charge in [0, 0.05) is 24.7 Å². The van der Waals surface area contributed by atoms with Crippen molar-refractivity contribution in [1.82, 2.24) is 4.31 Å². The van der Waals surface area contributed by atoms with Crippen LogP contribution in [0.1, 0.15) is 23.6 Å². The van der Waals surface area contributed by atoms with Crippen LogP contribution in [0.5, 0.6) is 0 Å². The zero-order chi connectivity index (χ0) is 16.5. The van der Waals surface area contributed by atoms with Crippen molar-refractivity contribution in [3.05, 3.63) is 32.9 Å². The van der Waals surface area contributed by atoms with Gasteiger partial charge < -0.3 is 5.11 Å². The number of likely N-dealkylation sites (N-methyl/N-ethyl adjacent to an activating group) is 1. The average Bonchev–Trinajstić information content (AvgIpc) is 2.25. The van der Waals surface area contributed by atoms with Crippen molar-refractivity contribution in [3.8, 4) is 0 Å². The van der Waals surface area contributed by atoms with Crippen LogP contribution in [0.2, 0.25) is 0 Å². The highest BCUT2D eigenvalue weighted by Gasteiger charge is 2.30. The molecule has 0 bridgehead atoms. The fourth-order valence-corrected chi connectivity index (χ4v) is 4.13. The van der Waals surface area contributed by atoms with Crippen LogP contribution < -0.4 is 0 Å². The summed E-state index contributed by atoms with van der Waals surface area (Å²) >= 11 is 0. The molecule has 0 fully saturated rings. The van der Waals surface area contributed by atoms with Crippen LogP contribution in [-0.2, 0) is 10.0 Å². The monoisotopic (exact) mass is 316 g/mol. The van der Waals surface area contributed by atoms with Crippen molar-refractivity contribution in [2.24, 2.45) is 0 Å². The summed E-state index contributed by atoms with van der Waals surface area (Å²) in [4.78, 5) is 10.5. The summed E-state index contributed by atoms with van der Waals surface area (Å²) in [5.41, 5.74) is 0.805. The van der Waals surface area contributed by atoms with Crippen molar-refractivity contribution in [1.29, 1.82) is 0 Å². The lowest BCUT2D eigenvalue weighted by Crippen LogP contribution is -2.34. The molecule has 0 aliphatic rings. The van der Waals surface area contributed by atoms with E-state index in [0.29, 0.717) is 11.1 Å². The molecule has 0 aliphatic heterocycles. The van der Waals surface area contributed by atoms with Gasteiger partial charge in [-0.15, -0.1) is 0 Å². The van der Waals surface area contributed by atoms with Crippen LogP contribution in [0.25, 0.3) is 0 Å². The highest BCUT2D eigenvalue weighted by atomic mass is 32.2. The number of nitro groups is 1. The Kier molecular flexibility index (Phi) is 5.08. The second-order valence-corrected chi connectivity index (χ2v) is 7.19. The molecule has 1 aromatic carbocycles. The minimum absolute atomic E-state index is 0.0667. The fraction of sp³-hybridized carbons (Fsp3) is 0.538. The van der Waals surface area contributed by atoms with Crippen molar-refractivity contribution in [3.63, 3.8) is 0 Å². The number of nitro benzene ring substituents is 1. The van der Waals surface area contributed by atoms with Crippen LogP contribution in [0.4, 0.5) is 5.69 Å². The van der Waals surface area contributed by atoms with Crippen molar-refractivity contribution < 1.29 is 18.4 Å². The van der Waals surface area contributed by atoms with Gasteiger partial charge in [0.25, 0.3) is 5.69 Å². The number of hydrogen-bond acceptors (Lipinski definition) is 5. The molecule has 7 nitrogen and oxygen atoms in total. The molecule has 0 saturated carbocycles. The van der Waals surface area contributed by atoms with E-state index in [9.17, 15) is 23.6 Å². The topological polar surface area (TPSA) is 101 Å². The van der Waals surface area contributed by atoms with Gasteiger partial charge in [-0.05, 0) is 39.3 Å². The number of sulfonamides is 1. The maximum atomic E-state index is 12.6. The molecule has 1 aromatic rings. The molecule has 1 rings (SSSR count). The molecule has 1 N–H and O–H groups in total. The van der Waals surface area contributed by atoms with Gasteiger partial charge in [-0.1, -0.05) is 0 Å². The van der Waals surface area contributed by atoms with Gasteiger partial charge in [-0.25, -0.2) is 8.42 Å². The molecule has 0 aliphatic carbocycles. The van der Waals surface area contributed by atoms with Gasteiger partial charge in [0.15, 0.2) is 0 Å². The Bertz CT molecular complexity index is 668. The minimum atomic E-state index is -3.90. The Labute approximate surface area is 124 Å². The lowest BCUT2D eigenvalue weighted by Gasteiger charge is -2.21. The summed E-state index contributed by atoms with van der Waals surface area (Å²) in [5, 5.41) is 20.5. The van der Waals surface area contributed by atoms with E-state index in [1.165, 1.54) is 27.0 Å². The quantitative estimate of drug-likeness (QED) is 0.655. The van der Waals surface area contributed by atoms with Gasteiger partial charge in [-0.2, -0.15) is 4.31 Å². The van der Waals surface area contributed by atoms with Gasteiger partial charge in [-0.3, -0.25) is 10.1 Å². The average molecular weight is 316 g/mol. The number of aryl methyl sites for hydroxylation is 2. The lowest BCUT2D eigenvalue weighted by atomic mass is 10.1. The van der Waals surface area contributed by atoms with E-state index in [0.717, 1.165) is 4.31 Å². The highest BCUT2D eigenvalue weighted by Crippen LogP contribution is 2.33. The lowest BCUT2D eigenvalue weighted by molar-refractivity contribution is -0.386. The Morgan fingerprint density at radius 1 is 1.33 bits per heavy atom. The molecular weight excluding hydrogens is 296 g/mol. The van der Waals surface area contributed by atoms with Crippen LogP contribution in [0, 0.1) is 30.9 Å². The van der Waals surface area contributed by atoms with E-state index >= 15 is 0 Å². The Morgan fingerprint density at radius 3 is 2.29 bits per heavy atom. The summed E-state index contributed by atoms with van der Waals surface area (Å²) in [6.45, 7) is 6.01. The van der Waals surface area contributed by atoms with Crippen molar-refractivity contribution >= 4 is 15.7 Å². The molecule has 1 atom stereocenters. The zero-order valence-electron chi connectivity index (χ0n) is 12.7. The SMILES string of the molecule is Cc1cc(C)c(S(=O)(=O)N(C)CC(C)O)c(C)c1[N+](=O)[O-]. The van der Waals surface area contributed by atoms with Crippen molar-refractivity contribution in [2.45, 2.75) is 38.7 Å². The van der Waals surface area contributed by atoms with Crippen LogP contribution >= 0.6 is 0 Å². The maximum Gasteiger partial charge on any atom is 0.276 e. The molecule has 0 heterocycles. The van der Waals surface area contributed by atoms with E-state index in [4.69, 9.17) is 0 Å². The van der Waals surface area contributed by atoms with Crippen LogP contribution in [0.15, 0.2) is 11.0 Å². The van der Waals surface area contributed by atoms with Crippen molar-refractivity contribution in [2.75, 3.05) is 13.6 Å². The number of rotatable bonds is 5. The van der Waals surface area contributed by atoms with Gasteiger partial charge in [0.1, 0.15) is 0 Å². The summed E-state index contributed by atoms with van der Waals surface area (Å²) < 4.78 is 26.2. The summed E-state index contributed by atoms with van der Waals surface area (Å²) in [6.07, 6.45) is -0.828. The standard InChI is InChI=1S/C13H20N2O5S/c1-8-6-9(2)13(11(4)12(8)15(17)18)21(19,20)14(5)7-10(3)16/h6,10,16H,7H2,1-5H3. The van der Waals surface area contributed by atoms with E-state index < -0.39 is 21.1 Å². The Hall–Kier alpha value is -1.51. The van der Waals surface area contributed by atoms with Gasteiger partial charge in [0.05, 0.1) is 15.9 Å². The number of hydrogen-bond donors (Lipinski definition) is 1. The van der Waals surface area contributed by atoms with Crippen LogP contribution in [0.3, 0.4) is 0 Å². The molecule has 0 spiro atoms. The molecule has 8 heteroatoms. The first kappa shape index (κ1) is 17.5. The molecule has 1 unspecified atom stereocenters. The molecule has 0 saturated heterocycles. The van der Waals surface area contributed by atoms with Gasteiger partial charge >= 0.3 is 0 Å². The number of benzene rings is 1. The first-order valence-corrected chi connectivity index (χ1v) is 7.83. The Balaban J connectivity index is 3.57. The molecule has 21 heavy (non-hydrogen) atoms. The second kappa shape index (κ2) is 6.08. The van der Waals surface area contributed by atoms with E-state index in [-0.39, 0.29) is 22.7 Å². The third-order valence-corrected chi connectivity index (χ3v) is 5.35. The molecular formula is C13H20N2O5S. The van der Waals surface area contributed by atoms with E-state index in [2.05, 4.69) is 0 Å². The minimum Gasteiger partial charge on any atom is -0.392 e. The van der Waals surface area contributed by atoms with Gasteiger partial charge in [0.2, 0.25) is 10.0 Å². The number of nitrogens with zero attached hydrogens (tertiary/aromatic N) is 2. The largest absolute Gasteiger partial charge is 0.392 e. The second-order valence-electron chi connectivity index (χ2n) is 5.20. The summed E-state index contributed by atoms with van der Waals surface area (Å²) in [6, 6.07) is 1.49. The predicted octanol–water partition coefficient (Wildman–Crippen LogP) is 1.52. The maximum absolute atomic E-state index is 12.6. The normalized spacial score (nSPS) is 13.5. The summed E-state index contributed by atoms with van der Waals surface area (Å²) in [5.74, 6) is 0. The Morgan fingerprint density at radius 2 is 1.86 bits per heavy atom. The number of aliphatic hydroxyl groups is 1. The van der Waals surface area contributed by atoms with E-state index in [1.807, 2.05) is 0 Å². The summed E-state index contributed by atoms with van der Waals surface area (Å²) in [7, 11) is -2.56. The molecule has 0 radical (unpaired) electrons. The first-order valence-electron chi connectivity index (χ1n) is 6.39. The fourth-order valence-electron chi connectivity index (χ4n) is 2.46. The predicted molar refractivity (Wildman–Crippen MR) is 78.8 cm³/mol. The molecule has 118 valence electrons. The third kappa shape index (κ3) is 3.39. The smallest absolute Gasteiger partial charge is 0.276 e. The van der Waals surface area contributed by atoms with Crippen LogP contribution in [-0.4, -0.2) is 42.4 Å². The first-order chi connectivity index (χ1) is 9.50. The third-order valence-electron chi connectivity index (χ3n) is 3.23. The molecule has 0 aromatic heterocycles. The highest BCUT2D eigenvalue weighted by molar-refractivity contribution is 7.89. The number of aliphatic hydroxyl groups excluding tert-OH is 1. The van der Waals surface area contributed by atoms with E-state index in [1.54, 1.807) is 13.8 Å².